The first-order valence-corrected chi connectivity index (χ1v) is 11.8. The minimum atomic E-state index is -9.69. The van der Waals surface area contributed by atoms with Crippen molar-refractivity contribution in [3.05, 3.63) is 66.6 Å². The SMILES string of the molecule is CCSc1cncnc1OCc1ccc(N=Nc2ccc(S(F)(F)(F)(F)F)cc2)cc1. The fraction of sp³-hybridized carbons (Fsp3) is 0.158. The highest BCUT2D eigenvalue weighted by molar-refractivity contribution is 8.45. The fourth-order valence-corrected chi connectivity index (χ4v) is 3.70. The standard InChI is InChI=1S/C19H17F5N4OS2/c1-2-30-18-11-25-13-26-19(18)29-12-14-3-5-15(6-4-14)27-28-16-7-9-17(10-8-16)31(20,21,22,23)24/h3-11,13H,2,12H2,1H3. The molecule has 0 bridgehead atoms. The molecular formula is C19H17F5N4OS2. The van der Waals surface area contributed by atoms with Crippen molar-refractivity contribution < 1.29 is 24.2 Å². The minimum Gasteiger partial charge on any atom is -0.472 e. The summed E-state index contributed by atoms with van der Waals surface area (Å²) in [7, 11) is -9.69. The maximum Gasteiger partial charge on any atom is 0.310 e. The molecule has 0 aliphatic carbocycles. The van der Waals surface area contributed by atoms with Gasteiger partial charge in [-0.2, -0.15) is 10.2 Å². The number of azo groups is 1. The van der Waals surface area contributed by atoms with E-state index in [1.54, 1.807) is 42.2 Å². The summed E-state index contributed by atoms with van der Waals surface area (Å²) < 4.78 is 69.4. The summed E-state index contributed by atoms with van der Waals surface area (Å²) in [4.78, 5) is 6.97. The zero-order valence-electron chi connectivity index (χ0n) is 16.1. The summed E-state index contributed by atoms with van der Waals surface area (Å²) in [5.74, 6) is 1.34. The predicted octanol–water partition coefficient (Wildman–Crippen LogP) is 8.24. The van der Waals surface area contributed by atoms with Crippen LogP contribution in [0.4, 0.5) is 30.8 Å². The Kier molecular flexibility index (Phi) is 5.98. The van der Waals surface area contributed by atoms with Crippen molar-refractivity contribution in [2.24, 2.45) is 10.2 Å². The fourth-order valence-electron chi connectivity index (χ4n) is 2.36. The molecule has 166 valence electrons. The number of hydrogen-bond acceptors (Lipinski definition) is 6. The van der Waals surface area contributed by atoms with E-state index in [1.807, 2.05) is 6.92 Å². The van der Waals surface area contributed by atoms with E-state index in [4.69, 9.17) is 4.74 Å². The lowest BCUT2D eigenvalue weighted by Crippen LogP contribution is -2.05. The summed E-state index contributed by atoms with van der Waals surface area (Å²) in [6, 6.07) is 9.07. The van der Waals surface area contributed by atoms with Crippen LogP contribution in [0.3, 0.4) is 0 Å². The molecule has 0 fully saturated rings. The van der Waals surface area contributed by atoms with Crippen molar-refractivity contribution in [3.8, 4) is 5.88 Å². The first-order valence-electron chi connectivity index (χ1n) is 8.85. The van der Waals surface area contributed by atoms with Crippen LogP contribution in [0, 0.1) is 0 Å². The van der Waals surface area contributed by atoms with E-state index in [0.717, 1.165) is 28.3 Å². The number of aromatic nitrogens is 2. The second-order valence-corrected chi connectivity index (χ2v) is 9.96. The predicted molar refractivity (Wildman–Crippen MR) is 111 cm³/mol. The maximum absolute atomic E-state index is 12.7. The van der Waals surface area contributed by atoms with Crippen LogP contribution in [-0.2, 0) is 6.61 Å². The smallest absolute Gasteiger partial charge is 0.310 e. The van der Waals surface area contributed by atoms with E-state index >= 15 is 0 Å². The van der Waals surface area contributed by atoms with Crippen LogP contribution in [0.5, 0.6) is 5.88 Å². The van der Waals surface area contributed by atoms with Gasteiger partial charge in [-0.25, -0.2) is 9.97 Å². The molecule has 0 atom stereocenters. The molecule has 0 aliphatic heterocycles. The summed E-state index contributed by atoms with van der Waals surface area (Å²) in [6.45, 7) is 2.28. The van der Waals surface area contributed by atoms with Gasteiger partial charge < -0.3 is 4.74 Å². The second kappa shape index (κ2) is 8.08. The Balaban J connectivity index is 1.63. The number of ether oxygens (including phenoxy) is 1. The van der Waals surface area contributed by atoms with Gasteiger partial charge in [-0.05, 0) is 47.7 Å². The average Bonchev–Trinajstić information content (AvgIpc) is 2.71. The molecular weight excluding hydrogens is 459 g/mol. The van der Waals surface area contributed by atoms with E-state index in [-0.39, 0.29) is 12.3 Å². The summed E-state index contributed by atoms with van der Waals surface area (Å²) in [5.41, 5.74) is 1.29. The van der Waals surface area contributed by atoms with Crippen LogP contribution in [0.2, 0.25) is 0 Å². The van der Waals surface area contributed by atoms with Crippen molar-refractivity contribution in [2.75, 3.05) is 5.75 Å². The lowest BCUT2D eigenvalue weighted by molar-refractivity contribution is 0.285. The van der Waals surface area contributed by atoms with E-state index < -0.39 is 15.1 Å². The molecule has 12 heteroatoms. The molecule has 0 radical (unpaired) electrons. The highest BCUT2D eigenvalue weighted by atomic mass is 32.5. The number of nitrogens with zero attached hydrogens (tertiary/aromatic N) is 4. The Bertz CT molecular complexity index is 1080. The third kappa shape index (κ3) is 6.62. The largest absolute Gasteiger partial charge is 0.472 e. The molecule has 5 nitrogen and oxygen atoms in total. The first-order chi connectivity index (χ1) is 14.4. The van der Waals surface area contributed by atoms with Gasteiger partial charge in [0, 0.05) is 6.20 Å². The van der Waals surface area contributed by atoms with E-state index in [1.165, 1.54) is 6.33 Å². The van der Waals surface area contributed by atoms with Gasteiger partial charge in [-0.1, -0.05) is 38.5 Å². The Labute approximate surface area is 179 Å². The molecule has 0 amide bonds. The van der Waals surface area contributed by atoms with Crippen molar-refractivity contribution in [2.45, 2.75) is 23.3 Å². The monoisotopic (exact) mass is 476 g/mol. The molecule has 0 saturated carbocycles. The lowest BCUT2D eigenvalue weighted by Gasteiger charge is -2.40. The number of benzene rings is 2. The van der Waals surface area contributed by atoms with Crippen molar-refractivity contribution >= 4 is 33.4 Å². The Hall–Kier alpha value is -2.73. The van der Waals surface area contributed by atoms with Crippen LogP contribution in [0.15, 0.2) is 81.1 Å². The van der Waals surface area contributed by atoms with Crippen LogP contribution in [0.25, 0.3) is 0 Å². The number of hydrogen-bond donors (Lipinski definition) is 0. The van der Waals surface area contributed by atoms with Crippen LogP contribution >= 0.6 is 22.0 Å². The summed E-state index contributed by atoms with van der Waals surface area (Å²) >= 11 is 1.57. The van der Waals surface area contributed by atoms with Gasteiger partial charge in [-0.3, -0.25) is 0 Å². The van der Waals surface area contributed by atoms with Gasteiger partial charge in [0.15, 0.2) is 0 Å². The lowest BCUT2D eigenvalue weighted by atomic mass is 10.2. The van der Waals surface area contributed by atoms with Gasteiger partial charge in [-0.15, -0.1) is 11.8 Å². The normalized spacial score (nSPS) is 14.3. The zero-order valence-corrected chi connectivity index (χ0v) is 17.7. The molecule has 3 aromatic rings. The van der Waals surface area contributed by atoms with Crippen molar-refractivity contribution in [3.63, 3.8) is 0 Å². The van der Waals surface area contributed by atoms with Gasteiger partial charge >= 0.3 is 10.2 Å². The highest BCUT2D eigenvalue weighted by Gasteiger charge is 2.65. The molecule has 2 aromatic carbocycles. The number of thioether (sulfide) groups is 1. The Morgan fingerprint density at radius 3 is 2.03 bits per heavy atom. The third-order valence-corrected chi connectivity index (χ3v) is 5.86. The molecule has 31 heavy (non-hydrogen) atoms. The van der Waals surface area contributed by atoms with E-state index in [0.29, 0.717) is 23.7 Å². The molecule has 0 unspecified atom stereocenters. The second-order valence-electron chi connectivity index (χ2n) is 6.24. The molecule has 3 rings (SSSR count). The summed E-state index contributed by atoms with van der Waals surface area (Å²) in [6.07, 6.45) is 3.09. The maximum atomic E-state index is 12.7. The summed E-state index contributed by atoms with van der Waals surface area (Å²) in [5, 5.41) is 7.68. The number of rotatable bonds is 8. The van der Waals surface area contributed by atoms with Gasteiger partial charge in [0.1, 0.15) is 17.8 Å². The van der Waals surface area contributed by atoms with E-state index in [9.17, 15) is 19.4 Å². The van der Waals surface area contributed by atoms with Gasteiger partial charge in [0.25, 0.3) is 0 Å². The van der Waals surface area contributed by atoms with Crippen LogP contribution in [0.1, 0.15) is 12.5 Å². The average molecular weight is 476 g/mol. The first kappa shape index (κ1) is 22.9. The molecule has 1 aromatic heterocycles. The molecule has 0 N–H and O–H groups in total. The quantitative estimate of drug-likeness (QED) is 0.187. The molecule has 1 heterocycles. The Morgan fingerprint density at radius 2 is 1.48 bits per heavy atom. The third-order valence-electron chi connectivity index (χ3n) is 3.82. The topological polar surface area (TPSA) is 59.7 Å². The Morgan fingerprint density at radius 1 is 0.903 bits per heavy atom. The van der Waals surface area contributed by atoms with Crippen LogP contribution in [-0.4, -0.2) is 15.7 Å². The minimum absolute atomic E-state index is 0.0164. The zero-order chi connectivity index (χ0) is 22.6. The molecule has 0 spiro atoms. The van der Waals surface area contributed by atoms with Gasteiger partial charge in [0.2, 0.25) is 5.88 Å². The van der Waals surface area contributed by atoms with Gasteiger partial charge in [0.05, 0.1) is 16.3 Å². The van der Waals surface area contributed by atoms with Crippen LogP contribution < -0.4 is 4.74 Å². The van der Waals surface area contributed by atoms with Crippen molar-refractivity contribution in [1.29, 1.82) is 0 Å². The highest BCUT2D eigenvalue weighted by Crippen LogP contribution is 3.02. The van der Waals surface area contributed by atoms with E-state index in [2.05, 4.69) is 20.2 Å². The number of halogens is 5. The molecule has 0 saturated heterocycles. The van der Waals surface area contributed by atoms with Crippen molar-refractivity contribution in [1.82, 2.24) is 9.97 Å². The molecule has 0 aliphatic rings.